The van der Waals surface area contributed by atoms with E-state index in [1.807, 2.05) is 55.5 Å². The highest BCUT2D eigenvalue weighted by Crippen LogP contribution is 2.22. The van der Waals surface area contributed by atoms with Gasteiger partial charge in [-0.2, -0.15) is 14.9 Å². The van der Waals surface area contributed by atoms with E-state index in [1.165, 1.54) is 0 Å². The molecule has 0 bridgehead atoms. The highest BCUT2D eigenvalue weighted by Gasteiger charge is 2.08. The molecule has 0 aliphatic carbocycles. The lowest BCUT2D eigenvalue weighted by atomic mass is 10.2. The van der Waals surface area contributed by atoms with Gasteiger partial charge in [0.15, 0.2) is 5.82 Å². The first-order valence-corrected chi connectivity index (χ1v) is 8.58. The van der Waals surface area contributed by atoms with Crippen LogP contribution in [0, 0.1) is 4.77 Å². The Kier molecular flexibility index (Phi) is 5.22. The molecule has 0 atom stereocenters. The van der Waals surface area contributed by atoms with Gasteiger partial charge in [-0.05, 0) is 37.3 Å². The Morgan fingerprint density at radius 1 is 1.29 bits per heavy atom. The van der Waals surface area contributed by atoms with Crippen LogP contribution < -0.4 is 4.74 Å². The van der Waals surface area contributed by atoms with Crippen molar-refractivity contribution in [3.8, 4) is 17.1 Å². The number of aromatic nitrogens is 3. The third-order valence-electron chi connectivity index (χ3n) is 3.27. The molecule has 3 rings (SSSR count). The molecule has 5 nitrogen and oxygen atoms in total. The lowest BCUT2D eigenvalue weighted by Crippen LogP contribution is -1.98. The highest BCUT2D eigenvalue weighted by molar-refractivity contribution is 9.10. The number of hydrogen-bond donors (Lipinski definition) is 1. The van der Waals surface area contributed by atoms with E-state index in [0.717, 1.165) is 21.3 Å². The summed E-state index contributed by atoms with van der Waals surface area (Å²) >= 11 is 8.76. The topological polar surface area (TPSA) is 55.2 Å². The van der Waals surface area contributed by atoms with Crippen molar-refractivity contribution in [1.82, 2.24) is 14.9 Å². The molecule has 0 radical (unpaired) electrons. The summed E-state index contributed by atoms with van der Waals surface area (Å²) in [6.45, 7) is 2.53. The van der Waals surface area contributed by atoms with Gasteiger partial charge in [0.25, 0.3) is 0 Å². The van der Waals surface area contributed by atoms with Gasteiger partial charge in [0, 0.05) is 15.6 Å². The molecule has 0 aliphatic rings. The van der Waals surface area contributed by atoms with Gasteiger partial charge < -0.3 is 4.74 Å². The molecule has 24 heavy (non-hydrogen) atoms. The zero-order valence-corrected chi connectivity index (χ0v) is 15.3. The molecule has 0 aliphatic heterocycles. The Balaban J connectivity index is 2.01. The van der Waals surface area contributed by atoms with Crippen molar-refractivity contribution < 1.29 is 4.74 Å². The Morgan fingerprint density at radius 2 is 2.08 bits per heavy atom. The summed E-state index contributed by atoms with van der Waals surface area (Å²) in [5.41, 5.74) is 1.79. The quantitative estimate of drug-likeness (QED) is 0.498. The maximum absolute atomic E-state index is 5.64. The van der Waals surface area contributed by atoms with Crippen molar-refractivity contribution in [3.63, 3.8) is 0 Å². The number of rotatable bonds is 5. The fourth-order valence-corrected chi connectivity index (χ4v) is 2.76. The molecule has 1 heterocycles. The van der Waals surface area contributed by atoms with Gasteiger partial charge in [-0.15, -0.1) is 0 Å². The molecule has 0 unspecified atom stereocenters. The first kappa shape index (κ1) is 16.6. The average Bonchev–Trinajstić information content (AvgIpc) is 2.97. The summed E-state index contributed by atoms with van der Waals surface area (Å²) in [6, 6.07) is 15.5. The van der Waals surface area contributed by atoms with Crippen molar-refractivity contribution >= 4 is 34.4 Å². The molecule has 0 spiro atoms. The smallest absolute Gasteiger partial charge is 0.216 e. The molecule has 1 N–H and O–H groups in total. The Hall–Kier alpha value is -2.25. The van der Waals surface area contributed by atoms with E-state index in [1.54, 1.807) is 10.9 Å². The van der Waals surface area contributed by atoms with Crippen LogP contribution in [0.4, 0.5) is 0 Å². The molecule has 7 heteroatoms. The fourth-order valence-electron chi connectivity index (χ4n) is 2.20. The van der Waals surface area contributed by atoms with E-state index in [4.69, 9.17) is 17.0 Å². The van der Waals surface area contributed by atoms with Crippen LogP contribution in [-0.2, 0) is 0 Å². The number of nitrogens with zero attached hydrogens (tertiary/aromatic N) is 3. The number of aromatic amines is 1. The summed E-state index contributed by atoms with van der Waals surface area (Å²) in [5, 5.41) is 11.5. The average molecular weight is 403 g/mol. The van der Waals surface area contributed by atoms with Crippen LogP contribution in [-0.4, -0.2) is 27.7 Å². The van der Waals surface area contributed by atoms with Gasteiger partial charge in [-0.3, -0.25) is 0 Å². The molecule has 0 saturated heterocycles. The summed E-state index contributed by atoms with van der Waals surface area (Å²) in [5.74, 6) is 1.42. The van der Waals surface area contributed by atoms with Gasteiger partial charge >= 0.3 is 0 Å². The van der Waals surface area contributed by atoms with Crippen LogP contribution in [0.5, 0.6) is 5.75 Å². The zero-order chi connectivity index (χ0) is 16.9. The fraction of sp³-hybridized carbons (Fsp3) is 0.118. The highest BCUT2D eigenvalue weighted by atomic mass is 79.9. The van der Waals surface area contributed by atoms with Crippen LogP contribution >= 0.6 is 28.1 Å². The third kappa shape index (κ3) is 3.63. The van der Waals surface area contributed by atoms with Crippen LogP contribution in [0.3, 0.4) is 0 Å². The minimum Gasteiger partial charge on any atom is -0.493 e. The molecular formula is C17H15BrN4OS. The van der Waals surface area contributed by atoms with E-state index in [2.05, 4.69) is 31.2 Å². The summed E-state index contributed by atoms with van der Waals surface area (Å²) in [4.78, 5) is 0. The third-order valence-corrected chi connectivity index (χ3v) is 4.02. The van der Waals surface area contributed by atoms with Crippen LogP contribution in [0.15, 0.2) is 58.1 Å². The Labute approximate surface area is 153 Å². The molecule has 0 saturated carbocycles. The van der Waals surface area contributed by atoms with Crippen LogP contribution in [0.1, 0.15) is 12.5 Å². The van der Waals surface area contributed by atoms with Gasteiger partial charge in [-0.25, -0.2) is 5.10 Å². The minimum absolute atomic E-state index is 0.429. The number of nitrogens with one attached hydrogen (secondary N) is 1. The number of hydrogen-bond acceptors (Lipinski definition) is 4. The normalized spacial score (nSPS) is 11.1. The van der Waals surface area contributed by atoms with Crippen LogP contribution in [0.2, 0.25) is 0 Å². The van der Waals surface area contributed by atoms with E-state index < -0.39 is 0 Å². The lowest BCUT2D eigenvalue weighted by Gasteiger charge is -2.07. The second kappa shape index (κ2) is 7.55. The second-order valence-electron chi connectivity index (χ2n) is 4.89. The maximum Gasteiger partial charge on any atom is 0.216 e. The molecule has 0 fully saturated rings. The molecular weight excluding hydrogens is 388 g/mol. The first-order valence-electron chi connectivity index (χ1n) is 7.38. The number of H-pyrrole nitrogens is 1. The predicted molar refractivity (Wildman–Crippen MR) is 101 cm³/mol. The zero-order valence-electron chi connectivity index (χ0n) is 12.9. The Bertz CT molecular complexity index is 918. The largest absolute Gasteiger partial charge is 0.493 e. The first-order chi connectivity index (χ1) is 11.7. The van der Waals surface area contributed by atoms with Gasteiger partial charge in [0.1, 0.15) is 5.75 Å². The van der Waals surface area contributed by atoms with E-state index in [-0.39, 0.29) is 0 Å². The second-order valence-corrected chi connectivity index (χ2v) is 6.19. The molecule has 122 valence electrons. The monoisotopic (exact) mass is 402 g/mol. The minimum atomic E-state index is 0.429. The maximum atomic E-state index is 5.64. The van der Waals surface area contributed by atoms with Crippen molar-refractivity contribution in [2.45, 2.75) is 6.92 Å². The molecule has 3 aromatic rings. The summed E-state index contributed by atoms with van der Waals surface area (Å²) < 4.78 is 8.61. The van der Waals surface area contributed by atoms with Gasteiger partial charge in [-0.1, -0.05) is 46.3 Å². The van der Waals surface area contributed by atoms with E-state index in [9.17, 15) is 0 Å². The van der Waals surface area contributed by atoms with E-state index in [0.29, 0.717) is 17.2 Å². The molecule has 2 aromatic carbocycles. The van der Waals surface area contributed by atoms with Crippen molar-refractivity contribution in [1.29, 1.82) is 0 Å². The summed E-state index contributed by atoms with van der Waals surface area (Å²) in [7, 11) is 0. The number of ether oxygens (including phenoxy) is 1. The summed E-state index contributed by atoms with van der Waals surface area (Å²) in [6.07, 6.45) is 1.72. The number of halogens is 1. The van der Waals surface area contributed by atoms with Crippen LogP contribution in [0.25, 0.3) is 11.4 Å². The van der Waals surface area contributed by atoms with Crippen molar-refractivity contribution in [2.24, 2.45) is 5.10 Å². The predicted octanol–water partition coefficient (Wildman–Crippen LogP) is 4.65. The SMILES string of the molecule is CCOc1ccc(Br)cc1/C=N\n1c(-c2ccccc2)n[nH]c1=S. The standard InChI is InChI=1S/C17H15BrN4OS/c1-2-23-15-9-8-14(18)10-13(15)11-19-22-16(20-21-17(22)24)12-6-4-3-5-7-12/h3-11H,2H2,1H3,(H,21,24)/b19-11-. The van der Waals surface area contributed by atoms with Crippen molar-refractivity contribution in [3.05, 3.63) is 63.3 Å². The molecule has 0 amide bonds. The number of benzene rings is 2. The van der Waals surface area contributed by atoms with Gasteiger partial charge in [0.2, 0.25) is 4.77 Å². The van der Waals surface area contributed by atoms with Gasteiger partial charge in [0.05, 0.1) is 12.8 Å². The lowest BCUT2D eigenvalue weighted by molar-refractivity contribution is 0.339. The Morgan fingerprint density at radius 3 is 2.83 bits per heavy atom. The van der Waals surface area contributed by atoms with E-state index >= 15 is 0 Å². The molecule has 1 aromatic heterocycles. The van der Waals surface area contributed by atoms with Crippen molar-refractivity contribution in [2.75, 3.05) is 6.61 Å².